The van der Waals surface area contributed by atoms with Crippen molar-refractivity contribution >= 4 is 5.57 Å². The molecule has 0 atom stereocenters. The molecular weight excluding hydrogens is 216 g/mol. The van der Waals surface area contributed by atoms with Crippen LogP contribution < -0.4 is 0 Å². The first-order valence-corrected chi connectivity index (χ1v) is 6.30. The van der Waals surface area contributed by atoms with Gasteiger partial charge in [-0.2, -0.15) is 0 Å². The highest BCUT2D eigenvalue weighted by atomic mass is 14.1. The van der Waals surface area contributed by atoms with E-state index >= 15 is 0 Å². The van der Waals surface area contributed by atoms with Crippen LogP contribution in [-0.2, 0) is 0 Å². The molecule has 18 heavy (non-hydrogen) atoms. The average Bonchev–Trinajstić information content (AvgIpc) is 2.31. The minimum absolute atomic E-state index is 0. The maximum absolute atomic E-state index is 2.26. The first kappa shape index (κ1) is 11.0. The number of rotatable bonds is 2. The summed E-state index contributed by atoms with van der Waals surface area (Å²) in [7, 11) is 0. The van der Waals surface area contributed by atoms with E-state index in [1.165, 1.54) is 33.4 Å². The summed E-state index contributed by atoms with van der Waals surface area (Å²) in [6.45, 7) is 4.31. The third-order valence-corrected chi connectivity index (χ3v) is 3.47. The highest BCUT2D eigenvalue weighted by Crippen LogP contribution is 2.28. The van der Waals surface area contributed by atoms with Crippen LogP contribution in [0.2, 0.25) is 0 Å². The summed E-state index contributed by atoms with van der Waals surface area (Å²) in [5.41, 5.74) is 7.89. The highest BCUT2D eigenvalue weighted by Gasteiger charge is 2.05. The molecule has 0 bridgehead atoms. The van der Waals surface area contributed by atoms with E-state index in [4.69, 9.17) is 0 Å². The molecule has 0 aliphatic heterocycles. The molecule has 0 amide bonds. The first-order chi connectivity index (χ1) is 8.74. The van der Waals surface area contributed by atoms with Crippen molar-refractivity contribution in [2.45, 2.75) is 13.8 Å². The second-order valence-electron chi connectivity index (χ2n) is 4.88. The van der Waals surface area contributed by atoms with E-state index in [0.717, 1.165) is 0 Å². The van der Waals surface area contributed by atoms with Crippen LogP contribution in [0.15, 0.2) is 60.7 Å². The predicted molar refractivity (Wildman–Crippen MR) is 80.6 cm³/mol. The SMILES string of the molecule is Cc1ccc(C)c(-c2ccc(C3=CC=C3)cc2)c1.[HH]. The fourth-order valence-electron chi connectivity index (χ4n) is 2.27. The average molecular weight is 234 g/mol. The zero-order valence-electron chi connectivity index (χ0n) is 10.8. The molecule has 0 nitrogen and oxygen atoms in total. The Kier molecular flexibility index (Phi) is 2.64. The van der Waals surface area contributed by atoms with Gasteiger partial charge in [-0.3, -0.25) is 0 Å². The predicted octanol–water partition coefficient (Wildman–Crippen LogP) is 5.17. The standard InChI is InChI=1S/C18H16.H2/c1-13-6-7-14(2)18(12-13)17-10-8-16(9-11-17)15-4-3-5-15;/h3-12H,1-2H3;1H. The Morgan fingerprint density at radius 2 is 1.50 bits per heavy atom. The van der Waals surface area contributed by atoms with Gasteiger partial charge in [0, 0.05) is 1.43 Å². The molecule has 2 aromatic carbocycles. The molecule has 0 spiro atoms. The second kappa shape index (κ2) is 4.30. The third-order valence-electron chi connectivity index (χ3n) is 3.47. The summed E-state index contributed by atoms with van der Waals surface area (Å²) in [5, 5.41) is 0. The molecule has 0 radical (unpaired) electrons. The lowest BCUT2D eigenvalue weighted by Crippen LogP contribution is -1.88. The Bertz CT molecular complexity index is 646. The molecule has 0 unspecified atom stereocenters. The molecule has 0 saturated carbocycles. The Labute approximate surface area is 110 Å². The molecule has 2 aromatic rings. The summed E-state index contributed by atoms with van der Waals surface area (Å²) in [4.78, 5) is 0. The van der Waals surface area contributed by atoms with Gasteiger partial charge < -0.3 is 0 Å². The quantitative estimate of drug-likeness (QED) is 0.672. The zero-order chi connectivity index (χ0) is 12.5. The van der Waals surface area contributed by atoms with Crippen LogP contribution in [0.3, 0.4) is 0 Å². The first-order valence-electron chi connectivity index (χ1n) is 6.30. The van der Waals surface area contributed by atoms with Crippen molar-refractivity contribution in [1.82, 2.24) is 0 Å². The van der Waals surface area contributed by atoms with Gasteiger partial charge in [0.15, 0.2) is 0 Å². The van der Waals surface area contributed by atoms with E-state index in [1.807, 2.05) is 0 Å². The fourth-order valence-corrected chi connectivity index (χ4v) is 2.27. The molecule has 0 saturated heterocycles. The lowest BCUT2D eigenvalue weighted by Gasteiger charge is -2.10. The van der Waals surface area contributed by atoms with E-state index in [-0.39, 0.29) is 1.43 Å². The molecule has 3 rings (SSSR count). The number of aryl methyl sites for hydroxylation is 2. The molecule has 0 heteroatoms. The molecule has 0 aromatic heterocycles. The molecular formula is C18H18. The van der Waals surface area contributed by atoms with Crippen LogP contribution in [0, 0.1) is 13.8 Å². The van der Waals surface area contributed by atoms with E-state index < -0.39 is 0 Å². The van der Waals surface area contributed by atoms with E-state index in [9.17, 15) is 0 Å². The summed E-state index contributed by atoms with van der Waals surface area (Å²) < 4.78 is 0. The lowest BCUT2D eigenvalue weighted by atomic mass is 9.94. The van der Waals surface area contributed by atoms with Crippen molar-refractivity contribution in [2.24, 2.45) is 0 Å². The van der Waals surface area contributed by atoms with Crippen LogP contribution in [0.1, 0.15) is 18.1 Å². The monoisotopic (exact) mass is 234 g/mol. The van der Waals surface area contributed by atoms with Gasteiger partial charge in [-0.1, -0.05) is 66.3 Å². The third kappa shape index (κ3) is 1.91. The molecule has 0 heterocycles. The van der Waals surface area contributed by atoms with Gasteiger partial charge in [0.25, 0.3) is 0 Å². The Balaban J connectivity index is 0.00000133. The smallest absolute Gasteiger partial charge is 0 e. The number of allylic oxidation sites excluding steroid dienone is 4. The van der Waals surface area contributed by atoms with E-state index in [1.54, 1.807) is 0 Å². The summed E-state index contributed by atoms with van der Waals surface area (Å²) in [6, 6.07) is 15.4. The van der Waals surface area contributed by atoms with Gasteiger partial charge in [-0.15, -0.1) is 0 Å². The minimum Gasteiger partial charge on any atom is -0.0610 e. The molecule has 90 valence electrons. The van der Waals surface area contributed by atoms with Crippen molar-refractivity contribution in [3.8, 4) is 11.1 Å². The fraction of sp³-hybridized carbons (Fsp3) is 0.111. The van der Waals surface area contributed by atoms with Crippen LogP contribution in [0.4, 0.5) is 0 Å². The van der Waals surface area contributed by atoms with Gasteiger partial charge >= 0.3 is 0 Å². The van der Waals surface area contributed by atoms with Gasteiger partial charge in [0.05, 0.1) is 0 Å². The van der Waals surface area contributed by atoms with Crippen LogP contribution in [0.25, 0.3) is 16.7 Å². The van der Waals surface area contributed by atoms with Gasteiger partial charge in [0.1, 0.15) is 0 Å². The Hall–Kier alpha value is -2.08. The molecule has 0 fully saturated rings. The summed E-state index contributed by atoms with van der Waals surface area (Å²) >= 11 is 0. The molecule has 1 aliphatic rings. The van der Waals surface area contributed by atoms with Crippen molar-refractivity contribution in [2.75, 3.05) is 0 Å². The lowest BCUT2D eigenvalue weighted by molar-refractivity contribution is 1.39. The van der Waals surface area contributed by atoms with Crippen molar-refractivity contribution in [3.05, 3.63) is 77.4 Å². The van der Waals surface area contributed by atoms with Crippen molar-refractivity contribution in [1.29, 1.82) is 0 Å². The van der Waals surface area contributed by atoms with Crippen molar-refractivity contribution in [3.63, 3.8) is 0 Å². The number of benzene rings is 2. The maximum Gasteiger partial charge on any atom is 0 e. The van der Waals surface area contributed by atoms with E-state index in [2.05, 4.69) is 74.5 Å². The summed E-state index contributed by atoms with van der Waals surface area (Å²) in [5.74, 6) is 0. The van der Waals surface area contributed by atoms with E-state index in [0.29, 0.717) is 0 Å². The highest BCUT2D eigenvalue weighted by molar-refractivity contribution is 5.82. The topological polar surface area (TPSA) is 0 Å². The maximum atomic E-state index is 2.26. The van der Waals surface area contributed by atoms with Gasteiger partial charge in [-0.25, -0.2) is 0 Å². The minimum atomic E-state index is 0. The summed E-state index contributed by atoms with van der Waals surface area (Å²) in [6.07, 6.45) is 6.37. The molecule has 1 aliphatic carbocycles. The molecule has 0 N–H and O–H groups in total. The van der Waals surface area contributed by atoms with Gasteiger partial charge in [0.2, 0.25) is 0 Å². The second-order valence-corrected chi connectivity index (χ2v) is 4.88. The van der Waals surface area contributed by atoms with Crippen LogP contribution in [-0.4, -0.2) is 0 Å². The van der Waals surface area contributed by atoms with Gasteiger partial charge in [-0.05, 0) is 41.7 Å². The Morgan fingerprint density at radius 1 is 0.833 bits per heavy atom. The zero-order valence-corrected chi connectivity index (χ0v) is 10.8. The normalized spacial score (nSPS) is 13.1. The van der Waals surface area contributed by atoms with Crippen LogP contribution >= 0.6 is 0 Å². The van der Waals surface area contributed by atoms with Crippen molar-refractivity contribution < 1.29 is 1.43 Å². The van der Waals surface area contributed by atoms with Crippen LogP contribution in [0.5, 0.6) is 0 Å². The number of hydrogen-bond acceptors (Lipinski definition) is 0. The Morgan fingerprint density at radius 3 is 2.11 bits per heavy atom. The number of hydrogen-bond donors (Lipinski definition) is 0. The largest absolute Gasteiger partial charge is 0.0610 e.